The largest absolute Gasteiger partial charge is 0.0845 e. The van der Waals surface area contributed by atoms with Gasteiger partial charge in [-0.15, -0.1) is 0 Å². The summed E-state index contributed by atoms with van der Waals surface area (Å²) in [5, 5.41) is 0. The minimum Gasteiger partial charge on any atom is -0.0845 e. The van der Waals surface area contributed by atoms with Crippen molar-refractivity contribution in [2.24, 2.45) is 0 Å². The normalized spacial score (nSPS) is 27.1. The van der Waals surface area contributed by atoms with E-state index < -0.39 is 0 Å². The molecule has 0 heterocycles. The molecule has 0 bridgehead atoms. The van der Waals surface area contributed by atoms with E-state index in [4.69, 9.17) is 0 Å². The Kier molecular flexibility index (Phi) is 17.5. The molecule has 0 saturated carbocycles. The zero-order chi connectivity index (χ0) is 18.4. The van der Waals surface area contributed by atoms with Crippen molar-refractivity contribution in [3.8, 4) is 0 Å². The molecule has 0 heteroatoms. The predicted molar refractivity (Wildman–Crippen MR) is 118 cm³/mol. The number of hydrogen-bond acceptors (Lipinski definition) is 0. The standard InChI is InChI=1S/C26H41/c1-2-4-6-8-10-12-14-16-18-20-22-24-26-25-23-21-19-17-15-13-11-9-7-5-3-1/h1-9H,10,12-26H2/b3-1-,4-2-,7-5-,8-6-,11-9?. The van der Waals surface area contributed by atoms with Gasteiger partial charge >= 0.3 is 0 Å². The van der Waals surface area contributed by atoms with Gasteiger partial charge in [0.15, 0.2) is 0 Å². The van der Waals surface area contributed by atoms with E-state index in [0.717, 1.165) is 6.42 Å². The summed E-state index contributed by atoms with van der Waals surface area (Å²) in [5.41, 5.74) is 0. The lowest BCUT2D eigenvalue weighted by atomic mass is 10.0. The van der Waals surface area contributed by atoms with Crippen LogP contribution in [0.25, 0.3) is 0 Å². The molecule has 0 unspecified atom stereocenters. The molecule has 0 nitrogen and oxygen atoms in total. The number of allylic oxidation sites excluding steroid dienone is 10. The van der Waals surface area contributed by atoms with E-state index in [1.54, 1.807) is 0 Å². The Labute approximate surface area is 163 Å². The van der Waals surface area contributed by atoms with Crippen molar-refractivity contribution in [1.82, 2.24) is 0 Å². The highest BCUT2D eigenvalue weighted by atomic mass is 14.0. The first-order chi connectivity index (χ1) is 13.0. The highest BCUT2D eigenvalue weighted by Gasteiger charge is 1.94. The first kappa shape index (κ1) is 22.7. The van der Waals surface area contributed by atoms with Crippen LogP contribution in [0.5, 0.6) is 0 Å². The molecule has 0 N–H and O–H groups in total. The van der Waals surface area contributed by atoms with Crippen LogP contribution in [-0.4, -0.2) is 0 Å². The average Bonchev–Trinajstić information content (AvgIpc) is 2.65. The van der Waals surface area contributed by atoms with Crippen molar-refractivity contribution in [1.29, 1.82) is 0 Å². The van der Waals surface area contributed by atoms with Crippen molar-refractivity contribution >= 4 is 0 Å². The second kappa shape index (κ2) is 20.0. The van der Waals surface area contributed by atoms with E-state index >= 15 is 0 Å². The molecule has 0 aromatic rings. The summed E-state index contributed by atoms with van der Waals surface area (Å²) in [6.45, 7) is 0. The minimum absolute atomic E-state index is 1.10. The Morgan fingerprint density at radius 3 is 1.38 bits per heavy atom. The molecule has 0 saturated heterocycles. The van der Waals surface area contributed by atoms with Crippen molar-refractivity contribution in [3.63, 3.8) is 0 Å². The fraction of sp³-hybridized carbons (Fsp3) is 0.615. The van der Waals surface area contributed by atoms with Crippen molar-refractivity contribution in [2.45, 2.75) is 103 Å². The summed E-state index contributed by atoms with van der Waals surface area (Å²) in [7, 11) is 0. The Balaban J connectivity index is 2.23. The van der Waals surface area contributed by atoms with Crippen LogP contribution in [0.1, 0.15) is 103 Å². The third kappa shape index (κ3) is 17.5. The van der Waals surface area contributed by atoms with Crippen LogP contribution < -0.4 is 0 Å². The van der Waals surface area contributed by atoms with Crippen LogP contribution in [0.2, 0.25) is 0 Å². The monoisotopic (exact) mass is 353 g/mol. The third-order valence-corrected chi connectivity index (χ3v) is 4.96. The molecule has 1 rings (SSSR count). The van der Waals surface area contributed by atoms with E-state index in [0.29, 0.717) is 0 Å². The van der Waals surface area contributed by atoms with Gasteiger partial charge in [0.05, 0.1) is 0 Å². The third-order valence-electron chi connectivity index (χ3n) is 4.96. The Morgan fingerprint density at radius 1 is 0.385 bits per heavy atom. The zero-order valence-corrected chi connectivity index (χ0v) is 17.0. The van der Waals surface area contributed by atoms with Crippen LogP contribution >= 0.6 is 0 Å². The quantitative estimate of drug-likeness (QED) is 0.408. The molecule has 145 valence electrons. The molecule has 0 fully saturated rings. The van der Waals surface area contributed by atoms with Crippen LogP contribution in [0, 0.1) is 6.08 Å². The first-order valence-electron chi connectivity index (χ1n) is 11.2. The summed E-state index contributed by atoms with van der Waals surface area (Å²) < 4.78 is 0. The highest BCUT2D eigenvalue weighted by molar-refractivity contribution is 5.17. The lowest BCUT2D eigenvalue weighted by Gasteiger charge is -2.03. The minimum atomic E-state index is 1.10. The van der Waals surface area contributed by atoms with Gasteiger partial charge in [0.25, 0.3) is 0 Å². The topological polar surface area (TPSA) is 0 Å². The molecule has 0 aromatic heterocycles. The molecular weight excluding hydrogens is 312 g/mol. The molecule has 1 aliphatic carbocycles. The van der Waals surface area contributed by atoms with Crippen LogP contribution in [0.4, 0.5) is 0 Å². The summed E-state index contributed by atoms with van der Waals surface area (Å²) in [4.78, 5) is 0. The van der Waals surface area contributed by atoms with Crippen LogP contribution in [0.15, 0.2) is 54.7 Å². The van der Waals surface area contributed by atoms with Crippen molar-refractivity contribution in [3.05, 3.63) is 60.8 Å². The van der Waals surface area contributed by atoms with E-state index in [2.05, 4.69) is 60.8 Å². The van der Waals surface area contributed by atoms with Gasteiger partial charge in [0, 0.05) is 0 Å². The van der Waals surface area contributed by atoms with Gasteiger partial charge in [0.2, 0.25) is 0 Å². The molecule has 1 aliphatic rings. The number of hydrogen-bond donors (Lipinski definition) is 0. The van der Waals surface area contributed by atoms with Crippen molar-refractivity contribution in [2.75, 3.05) is 0 Å². The maximum atomic E-state index is 3.37. The SMILES string of the molecule is [C]1=C/C=C\C=C/C=C\C=C/CCCCCCCCCCCCCCCC\1. The fourth-order valence-corrected chi connectivity index (χ4v) is 3.31. The summed E-state index contributed by atoms with van der Waals surface area (Å²) >= 11 is 0. The van der Waals surface area contributed by atoms with Crippen molar-refractivity contribution < 1.29 is 0 Å². The lowest BCUT2D eigenvalue weighted by Crippen LogP contribution is -1.83. The highest BCUT2D eigenvalue weighted by Crippen LogP contribution is 2.13. The molecule has 1 radical (unpaired) electrons. The van der Waals surface area contributed by atoms with Gasteiger partial charge in [-0.25, -0.2) is 0 Å². The van der Waals surface area contributed by atoms with Crippen LogP contribution in [0.3, 0.4) is 0 Å². The van der Waals surface area contributed by atoms with Gasteiger partial charge in [-0.3, -0.25) is 0 Å². The molecular formula is C26H41. The Bertz CT molecular complexity index is 379. The van der Waals surface area contributed by atoms with Gasteiger partial charge in [-0.1, -0.05) is 132 Å². The van der Waals surface area contributed by atoms with Gasteiger partial charge in [-0.2, -0.15) is 0 Å². The fourth-order valence-electron chi connectivity index (χ4n) is 3.31. The van der Waals surface area contributed by atoms with E-state index in [9.17, 15) is 0 Å². The number of rotatable bonds is 0. The molecule has 26 heavy (non-hydrogen) atoms. The molecule has 0 aliphatic heterocycles. The smallest absolute Gasteiger partial charge is 0.0276 e. The Morgan fingerprint density at radius 2 is 0.808 bits per heavy atom. The van der Waals surface area contributed by atoms with Crippen LogP contribution in [-0.2, 0) is 0 Å². The van der Waals surface area contributed by atoms with E-state index in [-0.39, 0.29) is 0 Å². The maximum Gasteiger partial charge on any atom is -0.0276 e. The second-order valence-electron chi connectivity index (χ2n) is 7.44. The summed E-state index contributed by atoms with van der Waals surface area (Å²) in [6, 6.07) is 0. The zero-order valence-electron chi connectivity index (χ0n) is 17.0. The molecule has 0 aromatic carbocycles. The predicted octanol–water partition coefficient (Wildman–Crippen LogP) is 8.83. The second-order valence-corrected chi connectivity index (χ2v) is 7.44. The average molecular weight is 354 g/mol. The van der Waals surface area contributed by atoms with E-state index in [1.807, 2.05) is 0 Å². The molecule has 0 atom stereocenters. The summed E-state index contributed by atoms with van der Waals surface area (Å²) in [6.07, 6.45) is 44.5. The maximum absolute atomic E-state index is 3.37. The molecule has 0 spiro atoms. The summed E-state index contributed by atoms with van der Waals surface area (Å²) in [5.74, 6) is 0. The first-order valence-corrected chi connectivity index (χ1v) is 11.2. The van der Waals surface area contributed by atoms with E-state index in [1.165, 1.54) is 96.3 Å². The van der Waals surface area contributed by atoms with Gasteiger partial charge in [0.1, 0.15) is 0 Å². The lowest BCUT2D eigenvalue weighted by molar-refractivity contribution is 0.534. The molecule has 0 amide bonds. The van der Waals surface area contributed by atoms with Gasteiger partial charge < -0.3 is 0 Å². The van der Waals surface area contributed by atoms with Gasteiger partial charge in [-0.05, 0) is 31.8 Å². The Hall–Kier alpha value is -1.30.